The Balaban J connectivity index is 1.58. The molecule has 0 spiro atoms. The van der Waals surface area contributed by atoms with Crippen LogP contribution >= 0.6 is 34.5 Å². The number of para-hydroxylation sites is 1. The van der Waals surface area contributed by atoms with E-state index in [1.165, 1.54) is 17.4 Å². The first-order chi connectivity index (χ1) is 14.5. The van der Waals surface area contributed by atoms with Gasteiger partial charge in [-0.25, -0.2) is 14.2 Å². The molecule has 150 valence electrons. The van der Waals surface area contributed by atoms with Crippen LogP contribution < -0.4 is 10.6 Å². The lowest BCUT2D eigenvalue weighted by atomic mass is 10.1. The molecule has 8 heteroatoms. The fraction of sp³-hybridized carbons (Fsp3) is 0. The lowest BCUT2D eigenvalue weighted by molar-refractivity contribution is 0.262. The average molecular weight is 458 g/mol. The molecule has 2 N–H and O–H groups in total. The lowest BCUT2D eigenvalue weighted by Gasteiger charge is -2.12. The van der Waals surface area contributed by atoms with E-state index >= 15 is 0 Å². The maximum atomic E-state index is 14.1. The molecule has 3 aromatic carbocycles. The van der Waals surface area contributed by atoms with Crippen molar-refractivity contribution in [2.45, 2.75) is 0 Å². The van der Waals surface area contributed by atoms with E-state index < -0.39 is 6.03 Å². The molecule has 0 saturated heterocycles. The van der Waals surface area contributed by atoms with E-state index in [4.69, 9.17) is 23.2 Å². The second kappa shape index (κ2) is 8.83. The highest BCUT2D eigenvalue weighted by atomic mass is 35.5. The highest BCUT2D eigenvalue weighted by Crippen LogP contribution is 2.34. The van der Waals surface area contributed by atoms with Crippen LogP contribution in [0.1, 0.15) is 0 Å². The molecule has 30 heavy (non-hydrogen) atoms. The van der Waals surface area contributed by atoms with E-state index in [-0.39, 0.29) is 5.82 Å². The SMILES string of the molecule is O=C(Nc1cc(Cl)ccc1Cl)Nc1ccccc1-c1csc(-c2ccccc2F)n1. The number of hydrogen-bond donors (Lipinski definition) is 2. The van der Waals surface area contributed by atoms with Crippen molar-refractivity contribution in [3.63, 3.8) is 0 Å². The van der Waals surface area contributed by atoms with Gasteiger partial charge >= 0.3 is 6.03 Å². The first-order valence-corrected chi connectivity index (χ1v) is 10.5. The van der Waals surface area contributed by atoms with E-state index in [0.717, 1.165) is 0 Å². The summed E-state index contributed by atoms with van der Waals surface area (Å²) in [6.45, 7) is 0. The van der Waals surface area contributed by atoms with Crippen molar-refractivity contribution in [2.75, 3.05) is 10.6 Å². The van der Waals surface area contributed by atoms with E-state index in [0.29, 0.717) is 43.2 Å². The van der Waals surface area contributed by atoms with Gasteiger partial charge in [0.25, 0.3) is 0 Å². The van der Waals surface area contributed by atoms with Gasteiger partial charge in [-0.1, -0.05) is 53.5 Å². The minimum Gasteiger partial charge on any atom is -0.307 e. The third-order valence-electron chi connectivity index (χ3n) is 4.24. The Kier molecular flexibility index (Phi) is 5.99. The summed E-state index contributed by atoms with van der Waals surface area (Å²) in [6, 6.07) is 18.1. The normalized spacial score (nSPS) is 10.6. The molecule has 0 atom stereocenters. The first-order valence-electron chi connectivity index (χ1n) is 8.84. The highest BCUT2D eigenvalue weighted by Gasteiger charge is 2.14. The quantitative estimate of drug-likeness (QED) is 0.331. The number of nitrogens with zero attached hydrogens (tertiary/aromatic N) is 1. The van der Waals surface area contributed by atoms with Gasteiger partial charge in [-0.3, -0.25) is 0 Å². The average Bonchev–Trinajstić information content (AvgIpc) is 3.21. The van der Waals surface area contributed by atoms with Gasteiger partial charge in [0.15, 0.2) is 0 Å². The molecule has 0 radical (unpaired) electrons. The monoisotopic (exact) mass is 457 g/mol. The number of hydrogen-bond acceptors (Lipinski definition) is 3. The Hall–Kier alpha value is -2.93. The molecular formula is C22H14Cl2FN3OS. The number of urea groups is 1. The second-order valence-corrected chi connectivity index (χ2v) is 7.97. The maximum Gasteiger partial charge on any atom is 0.323 e. The number of rotatable bonds is 4. The van der Waals surface area contributed by atoms with Crippen LogP contribution in [0.3, 0.4) is 0 Å². The molecule has 4 rings (SSSR count). The van der Waals surface area contributed by atoms with E-state index in [2.05, 4.69) is 15.6 Å². The van der Waals surface area contributed by atoms with Crippen LogP contribution in [0, 0.1) is 5.82 Å². The van der Waals surface area contributed by atoms with E-state index in [9.17, 15) is 9.18 Å². The molecule has 4 aromatic rings. The zero-order chi connectivity index (χ0) is 21.1. The molecule has 2 amide bonds. The largest absolute Gasteiger partial charge is 0.323 e. The molecule has 0 aliphatic carbocycles. The molecule has 0 aliphatic rings. The van der Waals surface area contributed by atoms with Crippen molar-refractivity contribution >= 4 is 51.9 Å². The van der Waals surface area contributed by atoms with Gasteiger partial charge in [-0.15, -0.1) is 11.3 Å². The van der Waals surface area contributed by atoms with E-state index in [1.807, 2.05) is 17.5 Å². The summed E-state index contributed by atoms with van der Waals surface area (Å²) in [5.74, 6) is -0.331. The number of carbonyl (C=O) groups excluding carboxylic acids is 1. The lowest BCUT2D eigenvalue weighted by Crippen LogP contribution is -2.20. The van der Waals surface area contributed by atoms with Gasteiger partial charge in [-0.2, -0.15) is 0 Å². The van der Waals surface area contributed by atoms with Crippen LogP contribution in [0.5, 0.6) is 0 Å². The summed E-state index contributed by atoms with van der Waals surface area (Å²) >= 11 is 13.4. The summed E-state index contributed by atoms with van der Waals surface area (Å²) < 4.78 is 14.1. The van der Waals surface area contributed by atoms with Crippen molar-refractivity contribution in [1.29, 1.82) is 0 Å². The fourth-order valence-corrected chi connectivity index (χ4v) is 4.02. The molecule has 0 bridgehead atoms. The third-order valence-corrected chi connectivity index (χ3v) is 5.68. The fourth-order valence-electron chi connectivity index (χ4n) is 2.84. The van der Waals surface area contributed by atoms with Crippen LogP contribution in [0.2, 0.25) is 10.0 Å². The van der Waals surface area contributed by atoms with Crippen LogP contribution in [0.15, 0.2) is 72.1 Å². The zero-order valence-corrected chi connectivity index (χ0v) is 17.7. The Morgan fingerprint density at radius 3 is 2.40 bits per heavy atom. The van der Waals surface area contributed by atoms with Crippen LogP contribution in [-0.4, -0.2) is 11.0 Å². The first kappa shape index (κ1) is 20.3. The molecule has 1 aromatic heterocycles. The molecule has 0 fully saturated rings. The molecule has 0 saturated carbocycles. The minimum absolute atomic E-state index is 0.331. The predicted octanol–water partition coefficient (Wildman–Crippen LogP) is 7.57. The van der Waals surface area contributed by atoms with Gasteiger partial charge in [0, 0.05) is 21.5 Å². The van der Waals surface area contributed by atoms with Crippen molar-refractivity contribution in [3.8, 4) is 21.8 Å². The van der Waals surface area contributed by atoms with Crippen LogP contribution in [0.25, 0.3) is 21.8 Å². The van der Waals surface area contributed by atoms with Gasteiger partial charge < -0.3 is 10.6 Å². The van der Waals surface area contributed by atoms with Crippen molar-refractivity contribution < 1.29 is 9.18 Å². The van der Waals surface area contributed by atoms with Gasteiger partial charge in [0.1, 0.15) is 10.8 Å². The van der Waals surface area contributed by atoms with Gasteiger partial charge in [0.2, 0.25) is 0 Å². The minimum atomic E-state index is -0.476. The summed E-state index contributed by atoms with van der Waals surface area (Å²) in [6.07, 6.45) is 0. The number of carbonyl (C=O) groups is 1. The maximum absolute atomic E-state index is 14.1. The van der Waals surface area contributed by atoms with Crippen molar-refractivity contribution in [2.24, 2.45) is 0 Å². The second-order valence-electron chi connectivity index (χ2n) is 6.27. The smallest absolute Gasteiger partial charge is 0.307 e. The molecule has 1 heterocycles. The Morgan fingerprint density at radius 1 is 0.900 bits per heavy atom. The zero-order valence-electron chi connectivity index (χ0n) is 15.3. The highest BCUT2D eigenvalue weighted by molar-refractivity contribution is 7.13. The van der Waals surface area contributed by atoms with Crippen molar-refractivity contribution in [1.82, 2.24) is 4.98 Å². The molecule has 0 aliphatic heterocycles. The number of benzene rings is 3. The number of thiazole rings is 1. The Bertz CT molecular complexity index is 1230. The number of anilines is 2. The van der Waals surface area contributed by atoms with Crippen molar-refractivity contribution in [3.05, 3.63) is 88.0 Å². The third kappa shape index (κ3) is 4.46. The molecule has 4 nitrogen and oxygen atoms in total. The predicted molar refractivity (Wildman–Crippen MR) is 122 cm³/mol. The summed E-state index contributed by atoms with van der Waals surface area (Å²) in [5.41, 5.74) is 2.74. The Morgan fingerprint density at radius 2 is 1.60 bits per heavy atom. The van der Waals surface area contributed by atoms with E-state index in [1.54, 1.807) is 48.5 Å². The summed E-state index contributed by atoms with van der Waals surface area (Å²) in [5, 5.41) is 8.71. The number of amides is 2. The van der Waals surface area contributed by atoms with Crippen LogP contribution in [-0.2, 0) is 0 Å². The standard InChI is InChI=1S/C22H14Cl2FN3OS/c23-13-9-10-16(24)19(11-13)28-22(29)27-18-8-4-2-6-15(18)20-12-30-21(26-20)14-5-1-3-7-17(14)25/h1-12H,(H2,27,28,29). The number of nitrogens with one attached hydrogen (secondary N) is 2. The van der Waals surface area contributed by atoms with Gasteiger partial charge in [-0.05, 0) is 36.4 Å². The molecular weight excluding hydrogens is 444 g/mol. The topological polar surface area (TPSA) is 54.0 Å². The summed E-state index contributed by atoms with van der Waals surface area (Å²) in [4.78, 5) is 17.1. The molecule has 0 unspecified atom stereocenters. The van der Waals surface area contributed by atoms with Crippen LogP contribution in [0.4, 0.5) is 20.6 Å². The Labute approximate surface area is 186 Å². The number of halogens is 3. The number of aromatic nitrogens is 1. The summed E-state index contributed by atoms with van der Waals surface area (Å²) in [7, 11) is 0. The van der Waals surface area contributed by atoms with Gasteiger partial charge in [0.05, 0.1) is 22.1 Å².